The molecule has 17 heavy (non-hydrogen) atoms. The maximum Gasteiger partial charge on any atom is 0.252 e. The summed E-state index contributed by atoms with van der Waals surface area (Å²) in [6, 6.07) is 4.08. The molecular formula is C9H11BrF2N2O2S. The van der Waals surface area contributed by atoms with Gasteiger partial charge in [-0.2, -0.15) is 4.31 Å². The molecule has 0 bridgehead atoms. The molecule has 4 nitrogen and oxygen atoms in total. The minimum atomic E-state index is -3.93. The van der Waals surface area contributed by atoms with Crippen LogP contribution in [0.2, 0.25) is 0 Å². The molecule has 0 aromatic heterocycles. The topological polar surface area (TPSA) is 63.4 Å². The number of nitrogen functional groups attached to an aromatic ring is 1. The van der Waals surface area contributed by atoms with Crippen LogP contribution in [-0.2, 0) is 10.0 Å². The normalized spacial score (nSPS) is 12.4. The van der Waals surface area contributed by atoms with Gasteiger partial charge in [-0.1, -0.05) is 0 Å². The number of nitrogens with two attached hydrogens (primary N) is 1. The first-order valence-electron chi connectivity index (χ1n) is 4.54. The van der Waals surface area contributed by atoms with E-state index in [1.54, 1.807) is 0 Å². The van der Waals surface area contributed by atoms with E-state index in [2.05, 4.69) is 15.9 Å². The van der Waals surface area contributed by atoms with E-state index in [1.165, 1.54) is 18.2 Å². The lowest BCUT2D eigenvalue weighted by molar-refractivity contribution is 0.126. The summed E-state index contributed by atoms with van der Waals surface area (Å²) in [4.78, 5) is -0.0881. The zero-order chi connectivity index (χ0) is 13.2. The first kappa shape index (κ1) is 14.3. The van der Waals surface area contributed by atoms with Crippen LogP contribution in [0, 0.1) is 0 Å². The summed E-state index contributed by atoms with van der Waals surface area (Å²) in [5, 5.41) is 0. The smallest absolute Gasteiger partial charge is 0.252 e. The zero-order valence-electron chi connectivity index (χ0n) is 8.90. The summed E-state index contributed by atoms with van der Waals surface area (Å²) in [5.41, 5.74) is 5.85. The first-order valence-corrected chi connectivity index (χ1v) is 6.78. The number of hydrogen-bond acceptors (Lipinski definition) is 3. The van der Waals surface area contributed by atoms with Gasteiger partial charge in [-0.15, -0.1) is 0 Å². The monoisotopic (exact) mass is 328 g/mol. The molecule has 0 radical (unpaired) electrons. The summed E-state index contributed by atoms with van der Waals surface area (Å²) >= 11 is 3.04. The molecular weight excluding hydrogens is 318 g/mol. The molecule has 0 heterocycles. The van der Waals surface area contributed by atoms with Gasteiger partial charge >= 0.3 is 0 Å². The Morgan fingerprint density at radius 1 is 1.47 bits per heavy atom. The number of sulfonamides is 1. The van der Waals surface area contributed by atoms with E-state index in [4.69, 9.17) is 5.73 Å². The number of hydrogen-bond donors (Lipinski definition) is 1. The summed E-state index contributed by atoms with van der Waals surface area (Å²) in [5.74, 6) is 0. The fourth-order valence-corrected chi connectivity index (χ4v) is 3.39. The van der Waals surface area contributed by atoms with Gasteiger partial charge in [-0.05, 0) is 34.1 Å². The average molecular weight is 329 g/mol. The predicted octanol–water partition coefficient (Wildman–Crippen LogP) is 1.92. The number of benzene rings is 1. The maximum absolute atomic E-state index is 12.2. The Hall–Kier alpha value is -0.730. The Labute approximate surface area is 107 Å². The van der Waals surface area contributed by atoms with Gasteiger partial charge in [0.2, 0.25) is 10.0 Å². The van der Waals surface area contributed by atoms with Gasteiger partial charge in [0.1, 0.15) is 0 Å². The molecule has 2 N–H and O–H groups in total. The molecule has 0 aliphatic rings. The maximum atomic E-state index is 12.2. The standard InChI is InChI=1S/C9H11BrF2N2O2S/c1-14(5-9(11)12)17(15,16)8-3-2-6(13)4-7(8)10/h2-4,9H,5,13H2,1H3. The average Bonchev–Trinajstić information content (AvgIpc) is 2.15. The molecule has 96 valence electrons. The van der Waals surface area contributed by atoms with Crippen LogP contribution in [0.3, 0.4) is 0 Å². The number of alkyl halides is 2. The first-order chi connectivity index (χ1) is 7.75. The van der Waals surface area contributed by atoms with Gasteiger partial charge < -0.3 is 5.73 Å². The van der Waals surface area contributed by atoms with Gasteiger partial charge in [0.25, 0.3) is 6.43 Å². The lowest BCUT2D eigenvalue weighted by Crippen LogP contribution is -2.31. The fourth-order valence-electron chi connectivity index (χ4n) is 1.19. The lowest BCUT2D eigenvalue weighted by atomic mass is 10.3. The second-order valence-electron chi connectivity index (χ2n) is 3.37. The highest BCUT2D eigenvalue weighted by molar-refractivity contribution is 9.10. The molecule has 0 spiro atoms. The quantitative estimate of drug-likeness (QED) is 0.859. The van der Waals surface area contributed by atoms with Crippen LogP contribution in [0.5, 0.6) is 0 Å². The molecule has 0 aliphatic carbocycles. The lowest BCUT2D eigenvalue weighted by Gasteiger charge is -2.17. The third-order valence-corrected chi connectivity index (χ3v) is 4.84. The van der Waals surface area contributed by atoms with Crippen LogP contribution in [0.1, 0.15) is 0 Å². The molecule has 0 saturated heterocycles. The minimum absolute atomic E-state index is 0.0881. The molecule has 0 fully saturated rings. The van der Waals surface area contributed by atoms with Crippen molar-refractivity contribution in [1.29, 1.82) is 0 Å². The van der Waals surface area contributed by atoms with E-state index in [9.17, 15) is 17.2 Å². The van der Waals surface area contributed by atoms with Crippen LogP contribution in [0.15, 0.2) is 27.6 Å². The zero-order valence-corrected chi connectivity index (χ0v) is 11.3. The SMILES string of the molecule is CN(CC(F)F)S(=O)(=O)c1ccc(N)cc1Br. The van der Waals surface area contributed by atoms with Crippen LogP contribution in [0.25, 0.3) is 0 Å². The number of anilines is 1. The Bertz CT molecular complexity index is 508. The number of rotatable bonds is 4. The third kappa shape index (κ3) is 3.36. The van der Waals surface area contributed by atoms with Crippen molar-refractivity contribution in [2.75, 3.05) is 19.3 Å². The summed E-state index contributed by atoms with van der Waals surface area (Å²) in [6.07, 6.45) is -2.72. The van der Waals surface area contributed by atoms with E-state index >= 15 is 0 Å². The van der Waals surface area contributed by atoms with Crippen molar-refractivity contribution >= 4 is 31.6 Å². The van der Waals surface area contributed by atoms with E-state index in [-0.39, 0.29) is 9.37 Å². The molecule has 0 aliphatic heterocycles. The summed E-state index contributed by atoms with van der Waals surface area (Å²) < 4.78 is 49.0. The van der Waals surface area contributed by atoms with Crippen molar-refractivity contribution in [2.45, 2.75) is 11.3 Å². The minimum Gasteiger partial charge on any atom is -0.399 e. The van der Waals surface area contributed by atoms with Crippen molar-refractivity contribution in [1.82, 2.24) is 4.31 Å². The van der Waals surface area contributed by atoms with Gasteiger partial charge in [0.05, 0.1) is 11.4 Å². The second kappa shape index (κ2) is 5.28. The number of halogens is 3. The Kier molecular flexibility index (Phi) is 4.45. The molecule has 0 unspecified atom stereocenters. The fraction of sp³-hybridized carbons (Fsp3) is 0.333. The van der Waals surface area contributed by atoms with E-state index in [0.717, 1.165) is 7.05 Å². The highest BCUT2D eigenvalue weighted by Gasteiger charge is 2.25. The van der Waals surface area contributed by atoms with E-state index in [1.807, 2.05) is 0 Å². The van der Waals surface area contributed by atoms with Gasteiger partial charge in [0, 0.05) is 17.2 Å². The van der Waals surface area contributed by atoms with E-state index in [0.29, 0.717) is 9.99 Å². The van der Waals surface area contributed by atoms with Gasteiger partial charge in [-0.3, -0.25) is 0 Å². The van der Waals surface area contributed by atoms with Crippen molar-refractivity contribution in [3.05, 3.63) is 22.7 Å². The molecule has 0 atom stereocenters. The highest BCUT2D eigenvalue weighted by atomic mass is 79.9. The predicted molar refractivity (Wildman–Crippen MR) is 64.4 cm³/mol. The van der Waals surface area contributed by atoms with Crippen LogP contribution in [-0.4, -0.2) is 32.7 Å². The summed E-state index contributed by atoms with van der Waals surface area (Å²) in [6.45, 7) is -0.848. The second-order valence-corrected chi connectivity index (χ2v) is 6.23. The molecule has 8 heteroatoms. The van der Waals surface area contributed by atoms with Crippen LogP contribution >= 0.6 is 15.9 Å². The number of nitrogens with zero attached hydrogens (tertiary/aromatic N) is 1. The van der Waals surface area contributed by atoms with Crippen molar-refractivity contribution in [3.8, 4) is 0 Å². The Morgan fingerprint density at radius 3 is 2.53 bits per heavy atom. The van der Waals surface area contributed by atoms with Crippen LogP contribution in [0.4, 0.5) is 14.5 Å². The van der Waals surface area contributed by atoms with Gasteiger partial charge in [0.15, 0.2) is 0 Å². The summed E-state index contributed by atoms with van der Waals surface area (Å²) in [7, 11) is -2.83. The van der Waals surface area contributed by atoms with Crippen molar-refractivity contribution in [2.24, 2.45) is 0 Å². The largest absolute Gasteiger partial charge is 0.399 e. The molecule has 0 amide bonds. The van der Waals surface area contributed by atoms with Crippen molar-refractivity contribution < 1.29 is 17.2 Å². The molecule has 1 aromatic rings. The third-order valence-electron chi connectivity index (χ3n) is 2.04. The molecule has 1 rings (SSSR count). The molecule has 1 aromatic carbocycles. The molecule has 0 saturated carbocycles. The highest BCUT2D eigenvalue weighted by Crippen LogP contribution is 2.26. The Balaban J connectivity index is 3.13. The Morgan fingerprint density at radius 2 is 2.06 bits per heavy atom. The van der Waals surface area contributed by atoms with Crippen LogP contribution < -0.4 is 5.73 Å². The van der Waals surface area contributed by atoms with Crippen molar-refractivity contribution in [3.63, 3.8) is 0 Å². The van der Waals surface area contributed by atoms with E-state index < -0.39 is 23.0 Å². The van der Waals surface area contributed by atoms with Gasteiger partial charge in [-0.25, -0.2) is 17.2 Å².